The molecular formula is C24H17Cl2N3O2S. The lowest BCUT2D eigenvalue weighted by molar-refractivity contribution is -0.115. The average molecular weight is 482 g/mol. The molecule has 0 atom stereocenters. The molecule has 0 spiro atoms. The molecule has 0 saturated carbocycles. The van der Waals surface area contributed by atoms with Gasteiger partial charge in [0, 0.05) is 27.2 Å². The second-order valence-electron chi connectivity index (χ2n) is 6.84. The molecule has 0 radical (unpaired) electrons. The summed E-state index contributed by atoms with van der Waals surface area (Å²) in [6.07, 6.45) is 0. The largest absolute Gasteiger partial charge is 0.343 e. The second kappa shape index (κ2) is 9.96. The van der Waals surface area contributed by atoms with Gasteiger partial charge in [0.25, 0.3) is 5.91 Å². The lowest BCUT2D eigenvalue weighted by atomic mass is 10.1. The minimum atomic E-state index is -0.449. The molecule has 8 heteroatoms. The maximum atomic E-state index is 12.2. The summed E-state index contributed by atoms with van der Waals surface area (Å²) in [5.41, 5.74) is 3.78. The lowest BCUT2D eigenvalue weighted by Crippen LogP contribution is -2.33. The zero-order chi connectivity index (χ0) is 22.5. The Hall–Kier alpha value is -3.19. The highest BCUT2D eigenvalue weighted by atomic mass is 35.5. The predicted octanol–water partition coefficient (Wildman–Crippen LogP) is 6.15. The van der Waals surface area contributed by atoms with Gasteiger partial charge in [-0.1, -0.05) is 65.7 Å². The van der Waals surface area contributed by atoms with E-state index in [0.29, 0.717) is 10.7 Å². The fourth-order valence-corrected chi connectivity index (χ4v) is 4.31. The van der Waals surface area contributed by atoms with Gasteiger partial charge in [-0.3, -0.25) is 9.59 Å². The highest BCUT2D eigenvalue weighted by molar-refractivity contribution is 7.13. The Kier molecular flexibility index (Phi) is 6.85. The van der Waals surface area contributed by atoms with Crippen molar-refractivity contribution in [2.75, 3.05) is 11.9 Å². The number of carbonyl (C=O) groups is 2. The van der Waals surface area contributed by atoms with Crippen molar-refractivity contribution in [2.24, 2.45) is 0 Å². The van der Waals surface area contributed by atoms with Crippen LogP contribution in [0, 0.1) is 0 Å². The van der Waals surface area contributed by atoms with Crippen molar-refractivity contribution in [1.29, 1.82) is 0 Å². The van der Waals surface area contributed by atoms with Crippen LogP contribution in [0.1, 0.15) is 10.4 Å². The second-order valence-corrected chi connectivity index (χ2v) is 8.54. The molecule has 3 aromatic carbocycles. The molecule has 0 saturated heterocycles. The Morgan fingerprint density at radius 1 is 0.906 bits per heavy atom. The molecule has 4 rings (SSSR count). The van der Waals surface area contributed by atoms with E-state index in [0.717, 1.165) is 21.8 Å². The van der Waals surface area contributed by atoms with E-state index in [1.807, 2.05) is 47.8 Å². The summed E-state index contributed by atoms with van der Waals surface area (Å²) < 4.78 is 0. The molecule has 0 aliphatic carbocycles. The molecule has 0 fully saturated rings. The Morgan fingerprint density at radius 3 is 2.38 bits per heavy atom. The van der Waals surface area contributed by atoms with Crippen LogP contribution < -0.4 is 10.6 Å². The fraction of sp³-hybridized carbons (Fsp3) is 0.0417. The van der Waals surface area contributed by atoms with Gasteiger partial charge < -0.3 is 10.6 Å². The summed E-state index contributed by atoms with van der Waals surface area (Å²) in [6, 6.07) is 21.9. The summed E-state index contributed by atoms with van der Waals surface area (Å²) >= 11 is 13.4. The summed E-state index contributed by atoms with van der Waals surface area (Å²) in [6.45, 7) is -0.188. The van der Waals surface area contributed by atoms with E-state index < -0.39 is 5.91 Å². The van der Waals surface area contributed by atoms with Crippen LogP contribution in [-0.4, -0.2) is 23.3 Å². The number of benzene rings is 3. The molecule has 0 bridgehead atoms. The van der Waals surface area contributed by atoms with Gasteiger partial charge in [-0.15, -0.1) is 11.3 Å². The number of thiazole rings is 1. The number of nitrogens with one attached hydrogen (secondary N) is 2. The number of nitrogens with zero attached hydrogens (tertiary/aromatic N) is 1. The van der Waals surface area contributed by atoms with Crippen molar-refractivity contribution in [1.82, 2.24) is 10.3 Å². The lowest BCUT2D eigenvalue weighted by Gasteiger charge is -2.08. The van der Waals surface area contributed by atoms with Gasteiger partial charge in [-0.2, -0.15) is 0 Å². The van der Waals surface area contributed by atoms with E-state index in [2.05, 4.69) is 10.6 Å². The zero-order valence-corrected chi connectivity index (χ0v) is 19.0. The van der Waals surface area contributed by atoms with Crippen molar-refractivity contribution >= 4 is 52.0 Å². The normalized spacial score (nSPS) is 10.6. The third-order valence-corrected chi connectivity index (χ3v) is 6.01. The summed E-state index contributed by atoms with van der Waals surface area (Å²) in [7, 11) is 0. The molecule has 160 valence electrons. The van der Waals surface area contributed by atoms with Crippen molar-refractivity contribution in [3.63, 3.8) is 0 Å². The first-order valence-electron chi connectivity index (χ1n) is 9.64. The number of amides is 2. The molecule has 1 heterocycles. The molecule has 4 aromatic rings. The number of aromatic nitrogens is 1. The fourth-order valence-electron chi connectivity index (χ4n) is 2.98. The van der Waals surface area contributed by atoms with Crippen LogP contribution in [0.25, 0.3) is 21.8 Å². The van der Waals surface area contributed by atoms with Crippen LogP contribution >= 0.6 is 34.5 Å². The minimum absolute atomic E-state index is 0.188. The van der Waals surface area contributed by atoms with E-state index in [1.165, 1.54) is 12.1 Å². The van der Waals surface area contributed by atoms with Crippen molar-refractivity contribution in [3.05, 3.63) is 93.8 Å². The van der Waals surface area contributed by atoms with Crippen molar-refractivity contribution in [2.45, 2.75) is 0 Å². The molecule has 5 nitrogen and oxygen atoms in total. The van der Waals surface area contributed by atoms with Gasteiger partial charge in [0.05, 0.1) is 22.8 Å². The smallest absolute Gasteiger partial charge is 0.253 e. The molecule has 0 aliphatic heterocycles. The molecule has 2 amide bonds. The summed E-state index contributed by atoms with van der Waals surface area (Å²) in [5.74, 6) is -0.800. The van der Waals surface area contributed by atoms with E-state index in [1.54, 1.807) is 29.5 Å². The van der Waals surface area contributed by atoms with E-state index >= 15 is 0 Å². The number of halogens is 2. The first kappa shape index (κ1) is 22.0. The summed E-state index contributed by atoms with van der Waals surface area (Å²) in [5, 5.41) is 8.92. The van der Waals surface area contributed by atoms with Crippen molar-refractivity contribution in [3.8, 4) is 21.8 Å². The first-order chi connectivity index (χ1) is 15.5. The van der Waals surface area contributed by atoms with Gasteiger partial charge in [-0.05, 0) is 30.3 Å². The SMILES string of the molecule is O=C(CNC(=O)c1ccc(Cl)cc1Cl)Nc1ccc(-c2csc(-c3ccccc3)n2)cc1. The van der Waals surface area contributed by atoms with Gasteiger partial charge in [0.15, 0.2) is 0 Å². The third kappa shape index (κ3) is 5.34. The molecule has 32 heavy (non-hydrogen) atoms. The quantitative estimate of drug-likeness (QED) is 0.346. The number of hydrogen-bond acceptors (Lipinski definition) is 4. The topological polar surface area (TPSA) is 71.1 Å². The molecule has 2 N–H and O–H groups in total. The van der Waals surface area contributed by atoms with E-state index in [4.69, 9.17) is 28.2 Å². The number of hydrogen-bond donors (Lipinski definition) is 2. The third-order valence-electron chi connectivity index (χ3n) is 4.57. The zero-order valence-electron chi connectivity index (χ0n) is 16.6. The Balaban J connectivity index is 1.34. The van der Waals surface area contributed by atoms with Crippen molar-refractivity contribution < 1.29 is 9.59 Å². The maximum Gasteiger partial charge on any atom is 0.253 e. The van der Waals surface area contributed by atoms with Crippen LogP contribution in [0.3, 0.4) is 0 Å². The standard InChI is InChI=1S/C24H17Cl2N3O2S/c25-17-8-11-19(20(26)12-17)23(31)27-13-22(30)28-18-9-6-15(7-10-18)21-14-32-24(29-21)16-4-2-1-3-5-16/h1-12,14H,13H2,(H,27,31)(H,28,30). The number of anilines is 1. The Labute approximate surface area is 199 Å². The number of carbonyl (C=O) groups excluding carboxylic acids is 2. The van der Waals surface area contributed by atoms with E-state index in [9.17, 15) is 9.59 Å². The average Bonchev–Trinajstić information content (AvgIpc) is 3.29. The van der Waals surface area contributed by atoms with Gasteiger partial charge in [-0.25, -0.2) is 4.98 Å². The van der Waals surface area contributed by atoms with Crippen LogP contribution in [-0.2, 0) is 4.79 Å². The van der Waals surface area contributed by atoms with Gasteiger partial charge in [0.1, 0.15) is 5.01 Å². The maximum absolute atomic E-state index is 12.2. The van der Waals surface area contributed by atoms with Crippen LogP contribution in [0.4, 0.5) is 5.69 Å². The highest BCUT2D eigenvalue weighted by Crippen LogP contribution is 2.29. The summed E-state index contributed by atoms with van der Waals surface area (Å²) in [4.78, 5) is 29.1. The molecule has 0 aliphatic rings. The molecule has 0 unspecified atom stereocenters. The highest BCUT2D eigenvalue weighted by Gasteiger charge is 2.12. The first-order valence-corrected chi connectivity index (χ1v) is 11.3. The van der Waals surface area contributed by atoms with Crippen LogP contribution in [0.2, 0.25) is 10.0 Å². The Morgan fingerprint density at radius 2 is 1.66 bits per heavy atom. The van der Waals surface area contributed by atoms with Crippen LogP contribution in [0.5, 0.6) is 0 Å². The van der Waals surface area contributed by atoms with Gasteiger partial charge >= 0.3 is 0 Å². The molecule has 1 aromatic heterocycles. The van der Waals surface area contributed by atoms with Gasteiger partial charge in [0.2, 0.25) is 5.91 Å². The van der Waals surface area contributed by atoms with E-state index in [-0.39, 0.29) is 23.0 Å². The predicted molar refractivity (Wildman–Crippen MR) is 130 cm³/mol. The molecular weight excluding hydrogens is 465 g/mol. The number of rotatable bonds is 6. The van der Waals surface area contributed by atoms with Crippen LogP contribution in [0.15, 0.2) is 78.2 Å². The monoisotopic (exact) mass is 481 g/mol. The Bertz CT molecular complexity index is 1260. The minimum Gasteiger partial charge on any atom is -0.343 e.